The fraction of sp³-hybridized carbons (Fsp3) is 0.357. The molecular formula is C14H14ClF3N4O2. The molecule has 1 aromatic carbocycles. The molecule has 0 saturated heterocycles. The van der Waals surface area contributed by atoms with Gasteiger partial charge in [0.05, 0.1) is 13.1 Å². The first-order valence-electron chi connectivity index (χ1n) is 6.83. The van der Waals surface area contributed by atoms with Crippen molar-refractivity contribution in [2.24, 2.45) is 4.99 Å². The van der Waals surface area contributed by atoms with Crippen LogP contribution in [0.4, 0.5) is 13.2 Å². The Hall–Kier alpha value is -2.13. The molecule has 6 nitrogen and oxygen atoms in total. The largest absolute Gasteiger partial charge is 0.416 e. The van der Waals surface area contributed by atoms with E-state index in [1.165, 1.54) is 37.5 Å². The van der Waals surface area contributed by atoms with Gasteiger partial charge in [0.15, 0.2) is 11.9 Å². The maximum Gasteiger partial charge on any atom is 0.416 e. The van der Waals surface area contributed by atoms with Crippen molar-refractivity contribution in [2.45, 2.75) is 25.4 Å². The summed E-state index contributed by atoms with van der Waals surface area (Å²) in [5.74, 6) is 0.00414. The van der Waals surface area contributed by atoms with Crippen LogP contribution in [0.1, 0.15) is 0 Å². The van der Waals surface area contributed by atoms with E-state index in [1.54, 1.807) is 0 Å². The Bertz CT molecular complexity index is 781. The maximum absolute atomic E-state index is 12.6. The number of alkyl halides is 3. The van der Waals surface area contributed by atoms with Crippen molar-refractivity contribution in [3.05, 3.63) is 39.8 Å². The quantitative estimate of drug-likeness (QED) is 0.827. The molecule has 0 unspecified atom stereocenters. The Morgan fingerprint density at radius 3 is 2.54 bits per heavy atom. The predicted molar refractivity (Wildman–Crippen MR) is 83.4 cm³/mol. The lowest BCUT2D eigenvalue weighted by atomic mass is 10.2. The summed E-state index contributed by atoms with van der Waals surface area (Å²) in [4.78, 5) is 16.0. The van der Waals surface area contributed by atoms with Crippen LogP contribution in [0.3, 0.4) is 0 Å². The summed E-state index contributed by atoms with van der Waals surface area (Å²) >= 11 is 5.79. The van der Waals surface area contributed by atoms with Crippen molar-refractivity contribution < 1.29 is 18.3 Å². The van der Waals surface area contributed by atoms with E-state index in [1.807, 2.05) is 0 Å². The molecule has 2 aromatic rings. The Morgan fingerprint density at radius 2 is 2.00 bits per heavy atom. The minimum atomic E-state index is -4.84. The third kappa shape index (κ3) is 4.04. The van der Waals surface area contributed by atoms with Crippen LogP contribution >= 0.6 is 11.6 Å². The van der Waals surface area contributed by atoms with Gasteiger partial charge >= 0.3 is 11.9 Å². The standard InChI is InChI=1S/C14H14ClF3N4O2/c1-19-6-7-22-13(24)21(8-11(23)14(16,17)18)12(20-22)9-2-4-10(15)5-3-9/h2-6,11,23H,7-8H2,1H3/t11-/m0/s1. The Balaban J connectivity index is 2.51. The van der Waals surface area contributed by atoms with Crippen LogP contribution in [0.5, 0.6) is 0 Å². The Labute approximate surface area is 139 Å². The van der Waals surface area contributed by atoms with Crippen molar-refractivity contribution in [3.8, 4) is 11.4 Å². The minimum absolute atomic E-state index is 0.00414. The van der Waals surface area contributed by atoms with E-state index in [-0.39, 0.29) is 12.4 Å². The van der Waals surface area contributed by atoms with Gasteiger partial charge in [0.25, 0.3) is 0 Å². The molecule has 0 aliphatic heterocycles. The Morgan fingerprint density at radius 1 is 1.38 bits per heavy atom. The summed E-state index contributed by atoms with van der Waals surface area (Å²) < 4.78 is 39.7. The molecule has 0 spiro atoms. The van der Waals surface area contributed by atoms with Crippen LogP contribution in [0.15, 0.2) is 34.1 Å². The molecule has 1 heterocycles. The third-order valence-corrected chi connectivity index (χ3v) is 3.45. The molecule has 1 aromatic heterocycles. The second-order valence-electron chi connectivity index (χ2n) is 4.90. The SMILES string of the molecule is CN=CCn1nc(-c2ccc(Cl)cc2)n(C[C@H](O)C(F)(F)F)c1=O. The molecule has 1 atom stereocenters. The smallest absolute Gasteiger partial charge is 0.382 e. The first-order valence-corrected chi connectivity index (χ1v) is 7.21. The monoisotopic (exact) mass is 362 g/mol. The van der Waals surface area contributed by atoms with Crippen molar-refractivity contribution in [1.29, 1.82) is 0 Å². The van der Waals surface area contributed by atoms with E-state index in [0.29, 0.717) is 10.6 Å². The second-order valence-corrected chi connectivity index (χ2v) is 5.34. The zero-order valence-corrected chi connectivity index (χ0v) is 13.3. The van der Waals surface area contributed by atoms with Crippen LogP contribution in [0.25, 0.3) is 11.4 Å². The molecule has 10 heteroatoms. The highest BCUT2D eigenvalue weighted by atomic mass is 35.5. The lowest BCUT2D eigenvalue weighted by Crippen LogP contribution is -2.37. The topological polar surface area (TPSA) is 72.4 Å². The number of rotatable bonds is 5. The number of hydrogen-bond donors (Lipinski definition) is 1. The number of aliphatic imine (C=N–C) groups is 1. The lowest BCUT2D eigenvalue weighted by molar-refractivity contribution is -0.207. The number of hydrogen-bond acceptors (Lipinski definition) is 4. The van der Waals surface area contributed by atoms with Gasteiger partial charge in [-0.1, -0.05) is 11.6 Å². The highest BCUT2D eigenvalue weighted by Crippen LogP contribution is 2.23. The molecule has 2 rings (SSSR count). The summed E-state index contributed by atoms with van der Waals surface area (Å²) in [7, 11) is 1.50. The molecule has 0 radical (unpaired) electrons. The zero-order valence-electron chi connectivity index (χ0n) is 12.5. The van der Waals surface area contributed by atoms with Gasteiger partial charge in [-0.15, -0.1) is 5.10 Å². The molecule has 24 heavy (non-hydrogen) atoms. The number of aliphatic hydroxyl groups excluding tert-OH is 1. The number of aliphatic hydroxyl groups is 1. The first-order chi connectivity index (χ1) is 11.2. The van der Waals surface area contributed by atoms with Gasteiger partial charge in [-0.05, 0) is 24.3 Å². The summed E-state index contributed by atoms with van der Waals surface area (Å²) in [6.45, 7) is -0.950. The van der Waals surface area contributed by atoms with E-state index in [4.69, 9.17) is 11.6 Å². The highest BCUT2D eigenvalue weighted by Gasteiger charge is 2.39. The number of benzene rings is 1. The maximum atomic E-state index is 12.6. The van der Waals surface area contributed by atoms with Gasteiger partial charge in [0.2, 0.25) is 0 Å². The second kappa shape index (κ2) is 7.18. The molecule has 130 valence electrons. The molecular weight excluding hydrogens is 349 g/mol. The summed E-state index contributed by atoms with van der Waals surface area (Å²) in [6, 6.07) is 6.11. The summed E-state index contributed by atoms with van der Waals surface area (Å²) in [5.41, 5.74) is -0.374. The zero-order chi connectivity index (χ0) is 17.9. The van der Waals surface area contributed by atoms with Crippen LogP contribution in [-0.2, 0) is 13.1 Å². The van der Waals surface area contributed by atoms with Crippen molar-refractivity contribution in [2.75, 3.05) is 7.05 Å². The van der Waals surface area contributed by atoms with Gasteiger partial charge in [-0.25, -0.2) is 9.48 Å². The lowest BCUT2D eigenvalue weighted by Gasteiger charge is -2.15. The molecule has 0 saturated carbocycles. The third-order valence-electron chi connectivity index (χ3n) is 3.20. The van der Waals surface area contributed by atoms with E-state index < -0.39 is 24.5 Å². The predicted octanol–water partition coefficient (Wildman–Crippen LogP) is 1.99. The van der Waals surface area contributed by atoms with Crippen LogP contribution < -0.4 is 5.69 Å². The van der Waals surface area contributed by atoms with E-state index in [9.17, 15) is 23.1 Å². The fourth-order valence-electron chi connectivity index (χ4n) is 1.97. The summed E-state index contributed by atoms with van der Waals surface area (Å²) in [5, 5.41) is 13.8. The Kier molecular flexibility index (Phi) is 5.45. The molecule has 0 aliphatic rings. The first kappa shape index (κ1) is 18.2. The van der Waals surface area contributed by atoms with Crippen LogP contribution in [0, 0.1) is 0 Å². The normalized spacial score (nSPS) is 13.6. The number of halogens is 4. The van der Waals surface area contributed by atoms with Gasteiger partial charge in [0.1, 0.15) is 0 Å². The van der Waals surface area contributed by atoms with Crippen LogP contribution in [0.2, 0.25) is 5.02 Å². The van der Waals surface area contributed by atoms with Crippen LogP contribution in [-0.4, -0.2) is 45.0 Å². The number of nitrogens with zero attached hydrogens (tertiary/aromatic N) is 4. The molecule has 0 amide bonds. The van der Waals surface area contributed by atoms with E-state index >= 15 is 0 Å². The van der Waals surface area contributed by atoms with Crippen molar-refractivity contribution >= 4 is 17.8 Å². The van der Waals surface area contributed by atoms with Crippen molar-refractivity contribution in [3.63, 3.8) is 0 Å². The summed E-state index contributed by atoms with van der Waals surface area (Å²) in [6.07, 6.45) is -6.13. The number of aromatic nitrogens is 3. The molecule has 1 N–H and O–H groups in total. The minimum Gasteiger partial charge on any atom is -0.382 e. The van der Waals surface area contributed by atoms with E-state index in [0.717, 1.165) is 9.25 Å². The van der Waals surface area contributed by atoms with Gasteiger partial charge in [-0.3, -0.25) is 9.56 Å². The average molecular weight is 363 g/mol. The fourth-order valence-corrected chi connectivity index (χ4v) is 2.10. The van der Waals surface area contributed by atoms with Gasteiger partial charge in [-0.2, -0.15) is 13.2 Å². The molecule has 0 fully saturated rings. The van der Waals surface area contributed by atoms with E-state index in [2.05, 4.69) is 10.1 Å². The highest BCUT2D eigenvalue weighted by molar-refractivity contribution is 6.30. The van der Waals surface area contributed by atoms with Gasteiger partial charge < -0.3 is 5.11 Å². The molecule has 0 bridgehead atoms. The average Bonchev–Trinajstić information content (AvgIpc) is 2.82. The molecule has 0 aliphatic carbocycles. The van der Waals surface area contributed by atoms with Gasteiger partial charge in [0, 0.05) is 23.8 Å². The van der Waals surface area contributed by atoms with Crippen molar-refractivity contribution in [1.82, 2.24) is 14.3 Å².